The maximum atomic E-state index is 5.06. The van der Waals surface area contributed by atoms with Crippen LogP contribution in [-0.4, -0.2) is 38.3 Å². The first-order chi connectivity index (χ1) is 9.76. The largest absolute Gasteiger partial charge is 0.383 e. The standard InChI is InChI=1S/C15H29N3OS/c1-5-8-10-18(7-3)15-17-13(6-2)14(20-15)12-16-9-11-19-4/h16H,5-12H2,1-4H3. The van der Waals surface area contributed by atoms with E-state index in [-0.39, 0.29) is 0 Å². The molecule has 0 fully saturated rings. The predicted molar refractivity (Wildman–Crippen MR) is 87.9 cm³/mol. The molecule has 5 heteroatoms. The van der Waals surface area contributed by atoms with Crippen LogP contribution in [0.5, 0.6) is 0 Å². The molecule has 0 unspecified atom stereocenters. The second-order valence-corrected chi connectivity index (χ2v) is 5.88. The number of methoxy groups -OCH3 is 1. The van der Waals surface area contributed by atoms with E-state index < -0.39 is 0 Å². The number of hydrogen-bond acceptors (Lipinski definition) is 5. The number of aryl methyl sites for hydroxylation is 1. The molecule has 0 aliphatic heterocycles. The third-order valence-electron chi connectivity index (χ3n) is 3.30. The van der Waals surface area contributed by atoms with Crippen molar-refractivity contribution in [3.63, 3.8) is 0 Å². The molecule has 0 aliphatic carbocycles. The van der Waals surface area contributed by atoms with E-state index in [0.717, 1.165) is 39.2 Å². The van der Waals surface area contributed by atoms with E-state index in [1.807, 2.05) is 11.3 Å². The Morgan fingerprint density at radius 2 is 2.10 bits per heavy atom. The number of unbranched alkanes of at least 4 members (excludes halogenated alkanes) is 1. The molecule has 0 radical (unpaired) electrons. The van der Waals surface area contributed by atoms with Gasteiger partial charge in [0.05, 0.1) is 12.3 Å². The Kier molecular flexibility index (Phi) is 8.82. The molecular formula is C15H29N3OS. The molecule has 0 aliphatic rings. The van der Waals surface area contributed by atoms with E-state index in [1.165, 1.54) is 28.5 Å². The van der Waals surface area contributed by atoms with Crippen molar-refractivity contribution in [2.24, 2.45) is 0 Å². The summed E-state index contributed by atoms with van der Waals surface area (Å²) in [7, 11) is 1.73. The lowest BCUT2D eigenvalue weighted by atomic mass is 10.3. The van der Waals surface area contributed by atoms with Gasteiger partial charge < -0.3 is 15.0 Å². The van der Waals surface area contributed by atoms with Crippen LogP contribution in [0.25, 0.3) is 0 Å². The van der Waals surface area contributed by atoms with Gasteiger partial charge in [0, 0.05) is 38.2 Å². The topological polar surface area (TPSA) is 37.4 Å². The second kappa shape index (κ2) is 10.1. The lowest BCUT2D eigenvalue weighted by molar-refractivity contribution is 0.199. The number of nitrogens with zero attached hydrogens (tertiary/aromatic N) is 2. The molecule has 0 spiro atoms. The highest BCUT2D eigenvalue weighted by molar-refractivity contribution is 7.15. The second-order valence-electron chi connectivity index (χ2n) is 4.82. The SMILES string of the molecule is CCCCN(CC)c1nc(CC)c(CNCCOC)s1. The minimum Gasteiger partial charge on any atom is -0.383 e. The summed E-state index contributed by atoms with van der Waals surface area (Å²) < 4.78 is 5.06. The van der Waals surface area contributed by atoms with Crippen LogP contribution in [0.4, 0.5) is 5.13 Å². The predicted octanol–water partition coefficient (Wildman–Crippen LogP) is 3.07. The Bertz CT molecular complexity index is 368. The van der Waals surface area contributed by atoms with Crippen LogP contribution in [-0.2, 0) is 17.7 Å². The van der Waals surface area contributed by atoms with Gasteiger partial charge in [-0.2, -0.15) is 0 Å². The minimum atomic E-state index is 0.755. The van der Waals surface area contributed by atoms with E-state index in [2.05, 4.69) is 31.0 Å². The summed E-state index contributed by atoms with van der Waals surface area (Å²) in [6, 6.07) is 0. The molecule has 1 aromatic heterocycles. The highest BCUT2D eigenvalue weighted by atomic mass is 32.1. The first-order valence-electron chi connectivity index (χ1n) is 7.69. The molecule has 4 nitrogen and oxygen atoms in total. The van der Waals surface area contributed by atoms with Crippen molar-refractivity contribution >= 4 is 16.5 Å². The summed E-state index contributed by atoms with van der Waals surface area (Å²) in [5, 5.41) is 4.60. The summed E-state index contributed by atoms with van der Waals surface area (Å²) in [6.45, 7) is 11.3. The molecule has 1 heterocycles. The number of aromatic nitrogens is 1. The van der Waals surface area contributed by atoms with Gasteiger partial charge >= 0.3 is 0 Å². The zero-order chi connectivity index (χ0) is 14.8. The Balaban J connectivity index is 2.65. The van der Waals surface area contributed by atoms with E-state index in [1.54, 1.807) is 7.11 Å². The molecular weight excluding hydrogens is 270 g/mol. The third-order valence-corrected chi connectivity index (χ3v) is 4.46. The molecule has 116 valence electrons. The normalized spacial score (nSPS) is 11.0. The smallest absolute Gasteiger partial charge is 0.185 e. The third kappa shape index (κ3) is 5.38. The zero-order valence-corrected chi connectivity index (χ0v) is 14.2. The van der Waals surface area contributed by atoms with Crippen LogP contribution in [0.15, 0.2) is 0 Å². The highest BCUT2D eigenvalue weighted by Gasteiger charge is 2.13. The number of thiazole rings is 1. The number of rotatable bonds is 11. The lowest BCUT2D eigenvalue weighted by Crippen LogP contribution is -2.23. The summed E-state index contributed by atoms with van der Waals surface area (Å²) in [5.41, 5.74) is 1.24. The van der Waals surface area contributed by atoms with Gasteiger partial charge in [-0.05, 0) is 19.8 Å². The van der Waals surface area contributed by atoms with E-state index in [9.17, 15) is 0 Å². The summed E-state index contributed by atoms with van der Waals surface area (Å²) in [6.07, 6.45) is 3.47. The van der Waals surface area contributed by atoms with Gasteiger partial charge in [0.1, 0.15) is 0 Å². The molecule has 0 atom stereocenters. The van der Waals surface area contributed by atoms with Crippen LogP contribution in [0.2, 0.25) is 0 Å². The van der Waals surface area contributed by atoms with Crippen molar-refractivity contribution in [2.45, 2.75) is 46.6 Å². The minimum absolute atomic E-state index is 0.755. The summed E-state index contributed by atoms with van der Waals surface area (Å²) >= 11 is 1.84. The fraction of sp³-hybridized carbons (Fsp3) is 0.800. The Hall–Kier alpha value is -0.650. The number of anilines is 1. The van der Waals surface area contributed by atoms with Crippen molar-refractivity contribution < 1.29 is 4.74 Å². The Morgan fingerprint density at radius 3 is 2.70 bits per heavy atom. The van der Waals surface area contributed by atoms with Crippen molar-refractivity contribution in [3.8, 4) is 0 Å². The quantitative estimate of drug-likeness (QED) is 0.637. The Labute approximate surface area is 127 Å². The van der Waals surface area contributed by atoms with Gasteiger partial charge in [0.2, 0.25) is 0 Å². The van der Waals surface area contributed by atoms with Crippen molar-refractivity contribution in [1.29, 1.82) is 0 Å². The first kappa shape index (κ1) is 17.4. The average Bonchev–Trinajstić information content (AvgIpc) is 2.87. The van der Waals surface area contributed by atoms with Gasteiger partial charge in [-0.1, -0.05) is 20.3 Å². The molecule has 0 aromatic carbocycles. The fourth-order valence-corrected chi connectivity index (χ4v) is 3.24. The van der Waals surface area contributed by atoms with Gasteiger partial charge in [-0.15, -0.1) is 11.3 Å². The zero-order valence-electron chi connectivity index (χ0n) is 13.4. The van der Waals surface area contributed by atoms with E-state index in [4.69, 9.17) is 9.72 Å². The van der Waals surface area contributed by atoms with Crippen LogP contribution >= 0.6 is 11.3 Å². The number of nitrogens with one attached hydrogen (secondary N) is 1. The van der Waals surface area contributed by atoms with Crippen LogP contribution < -0.4 is 10.2 Å². The molecule has 20 heavy (non-hydrogen) atoms. The van der Waals surface area contributed by atoms with Gasteiger partial charge in [-0.25, -0.2) is 4.98 Å². The number of ether oxygens (including phenoxy) is 1. The van der Waals surface area contributed by atoms with E-state index >= 15 is 0 Å². The molecule has 0 bridgehead atoms. The van der Waals surface area contributed by atoms with Gasteiger partial charge in [-0.3, -0.25) is 0 Å². The summed E-state index contributed by atoms with van der Waals surface area (Å²) in [5.74, 6) is 0. The molecule has 1 N–H and O–H groups in total. The molecule has 0 saturated carbocycles. The van der Waals surface area contributed by atoms with Crippen LogP contribution in [0.3, 0.4) is 0 Å². The molecule has 1 aromatic rings. The molecule has 0 amide bonds. The van der Waals surface area contributed by atoms with Gasteiger partial charge in [0.25, 0.3) is 0 Å². The fourth-order valence-electron chi connectivity index (χ4n) is 2.03. The van der Waals surface area contributed by atoms with E-state index in [0.29, 0.717) is 0 Å². The maximum absolute atomic E-state index is 5.06. The van der Waals surface area contributed by atoms with Crippen molar-refractivity contribution in [2.75, 3.05) is 38.3 Å². The number of hydrogen-bond donors (Lipinski definition) is 1. The Morgan fingerprint density at radius 1 is 1.30 bits per heavy atom. The molecule has 1 rings (SSSR count). The average molecular weight is 299 g/mol. The van der Waals surface area contributed by atoms with Crippen LogP contribution in [0, 0.1) is 0 Å². The monoisotopic (exact) mass is 299 g/mol. The van der Waals surface area contributed by atoms with Crippen molar-refractivity contribution in [3.05, 3.63) is 10.6 Å². The molecule has 0 saturated heterocycles. The summed E-state index contributed by atoms with van der Waals surface area (Å²) in [4.78, 5) is 8.59. The lowest BCUT2D eigenvalue weighted by Gasteiger charge is -2.19. The van der Waals surface area contributed by atoms with Crippen molar-refractivity contribution in [1.82, 2.24) is 10.3 Å². The van der Waals surface area contributed by atoms with Gasteiger partial charge in [0.15, 0.2) is 5.13 Å². The highest BCUT2D eigenvalue weighted by Crippen LogP contribution is 2.27. The first-order valence-corrected chi connectivity index (χ1v) is 8.51. The maximum Gasteiger partial charge on any atom is 0.185 e. The van der Waals surface area contributed by atoms with Crippen LogP contribution in [0.1, 0.15) is 44.2 Å².